The molecule has 96 valence electrons. The summed E-state index contributed by atoms with van der Waals surface area (Å²) in [6.07, 6.45) is 13.0. The number of hydrogen-bond acceptors (Lipinski definition) is 3. The predicted molar refractivity (Wildman–Crippen MR) is 71.3 cm³/mol. The first-order chi connectivity index (χ1) is 8.45. The van der Waals surface area contributed by atoms with Crippen molar-refractivity contribution in [2.45, 2.75) is 44.9 Å². The number of likely N-dealkylation sites (tertiary alicyclic amines) is 1. The monoisotopic (exact) mass is 236 g/mol. The first kappa shape index (κ1) is 12.6. The summed E-state index contributed by atoms with van der Waals surface area (Å²) in [5, 5.41) is 4.27. The average Bonchev–Trinajstić information content (AvgIpc) is 2.65. The summed E-state index contributed by atoms with van der Waals surface area (Å²) in [5.41, 5.74) is 1.21. The number of allylic oxidation sites excluding steroid dienone is 2. The van der Waals surface area contributed by atoms with Crippen molar-refractivity contribution in [1.82, 2.24) is 4.90 Å². The van der Waals surface area contributed by atoms with E-state index in [9.17, 15) is 0 Å². The SMILES string of the molecule is C1=CCC(=NOCCN2CCCCC2)CCC1. The van der Waals surface area contributed by atoms with Crippen LogP contribution in [0.15, 0.2) is 17.3 Å². The van der Waals surface area contributed by atoms with E-state index in [1.54, 1.807) is 0 Å². The molecule has 1 fully saturated rings. The highest BCUT2D eigenvalue weighted by Crippen LogP contribution is 2.10. The number of rotatable bonds is 4. The Morgan fingerprint density at radius 1 is 1.12 bits per heavy atom. The van der Waals surface area contributed by atoms with Gasteiger partial charge in [0.1, 0.15) is 6.61 Å². The van der Waals surface area contributed by atoms with E-state index in [2.05, 4.69) is 22.2 Å². The second kappa shape index (κ2) is 7.49. The summed E-state index contributed by atoms with van der Waals surface area (Å²) < 4.78 is 0. The average molecular weight is 236 g/mol. The van der Waals surface area contributed by atoms with Crippen molar-refractivity contribution < 1.29 is 4.84 Å². The van der Waals surface area contributed by atoms with Gasteiger partial charge in [-0.2, -0.15) is 0 Å². The van der Waals surface area contributed by atoms with Gasteiger partial charge in [-0.25, -0.2) is 0 Å². The van der Waals surface area contributed by atoms with Gasteiger partial charge in [-0.3, -0.25) is 4.90 Å². The third-order valence-electron chi connectivity index (χ3n) is 3.50. The van der Waals surface area contributed by atoms with E-state index in [1.165, 1.54) is 50.9 Å². The van der Waals surface area contributed by atoms with Crippen molar-refractivity contribution in [3.8, 4) is 0 Å². The molecule has 0 unspecified atom stereocenters. The molecule has 0 aromatic rings. The van der Waals surface area contributed by atoms with Crippen LogP contribution in [0, 0.1) is 0 Å². The summed E-state index contributed by atoms with van der Waals surface area (Å²) in [6.45, 7) is 4.26. The standard InChI is InChI=1S/C14H24N2O/c1-2-5-9-14(8-4-1)15-17-13-12-16-10-6-3-7-11-16/h1,4H,2-3,5-13H2. The minimum atomic E-state index is 0.743. The zero-order valence-electron chi connectivity index (χ0n) is 10.7. The van der Waals surface area contributed by atoms with Gasteiger partial charge in [0.25, 0.3) is 0 Å². The fourth-order valence-electron chi connectivity index (χ4n) is 2.44. The normalized spacial score (nSPS) is 24.8. The lowest BCUT2D eigenvalue weighted by molar-refractivity contribution is 0.102. The molecular formula is C14H24N2O. The molecule has 0 aromatic carbocycles. The number of hydrogen-bond donors (Lipinski definition) is 0. The Hall–Kier alpha value is -0.830. The number of oxime groups is 1. The molecule has 0 radical (unpaired) electrons. The van der Waals surface area contributed by atoms with Gasteiger partial charge in [-0.1, -0.05) is 23.7 Å². The minimum Gasteiger partial charge on any atom is -0.394 e. The highest BCUT2D eigenvalue weighted by molar-refractivity contribution is 5.85. The summed E-state index contributed by atoms with van der Waals surface area (Å²) in [7, 11) is 0. The highest BCUT2D eigenvalue weighted by Gasteiger charge is 2.09. The van der Waals surface area contributed by atoms with Crippen LogP contribution in [-0.4, -0.2) is 36.9 Å². The molecule has 0 N–H and O–H groups in total. The quantitative estimate of drug-likeness (QED) is 0.426. The van der Waals surface area contributed by atoms with Crippen molar-refractivity contribution in [1.29, 1.82) is 0 Å². The highest BCUT2D eigenvalue weighted by atomic mass is 16.6. The van der Waals surface area contributed by atoms with Crippen LogP contribution in [0.2, 0.25) is 0 Å². The van der Waals surface area contributed by atoms with Crippen LogP contribution in [0.25, 0.3) is 0 Å². The summed E-state index contributed by atoms with van der Waals surface area (Å²) in [6, 6.07) is 0. The van der Waals surface area contributed by atoms with E-state index in [0.29, 0.717) is 0 Å². The molecule has 0 aromatic heterocycles. The molecule has 0 amide bonds. The van der Waals surface area contributed by atoms with Crippen LogP contribution in [0.5, 0.6) is 0 Å². The van der Waals surface area contributed by atoms with Crippen molar-refractivity contribution in [2.75, 3.05) is 26.2 Å². The second-order valence-corrected chi connectivity index (χ2v) is 4.96. The maximum atomic E-state index is 5.44. The van der Waals surface area contributed by atoms with Crippen LogP contribution >= 0.6 is 0 Å². The lowest BCUT2D eigenvalue weighted by Gasteiger charge is -2.25. The Bertz CT molecular complexity index is 267. The van der Waals surface area contributed by atoms with E-state index >= 15 is 0 Å². The van der Waals surface area contributed by atoms with Gasteiger partial charge in [0.2, 0.25) is 0 Å². The fourth-order valence-corrected chi connectivity index (χ4v) is 2.44. The van der Waals surface area contributed by atoms with E-state index in [-0.39, 0.29) is 0 Å². The number of nitrogens with zero attached hydrogens (tertiary/aromatic N) is 2. The lowest BCUT2D eigenvalue weighted by atomic mass is 10.1. The molecule has 1 saturated heterocycles. The Balaban J connectivity index is 1.61. The first-order valence-corrected chi connectivity index (χ1v) is 7.00. The molecule has 2 rings (SSSR count). The van der Waals surface area contributed by atoms with Gasteiger partial charge in [-0.05, 0) is 45.2 Å². The van der Waals surface area contributed by atoms with Crippen LogP contribution in [-0.2, 0) is 4.84 Å². The molecule has 2 aliphatic rings. The second-order valence-electron chi connectivity index (χ2n) is 4.96. The van der Waals surface area contributed by atoms with Gasteiger partial charge >= 0.3 is 0 Å². The Kier molecular flexibility index (Phi) is 5.56. The van der Waals surface area contributed by atoms with Crippen LogP contribution < -0.4 is 0 Å². The van der Waals surface area contributed by atoms with E-state index in [1.807, 2.05) is 0 Å². The number of piperidine rings is 1. The van der Waals surface area contributed by atoms with Gasteiger partial charge in [-0.15, -0.1) is 0 Å². The van der Waals surface area contributed by atoms with E-state index in [0.717, 1.165) is 26.0 Å². The molecule has 0 bridgehead atoms. The van der Waals surface area contributed by atoms with Gasteiger partial charge < -0.3 is 4.84 Å². The Labute approximate surface area is 105 Å². The Morgan fingerprint density at radius 3 is 2.88 bits per heavy atom. The van der Waals surface area contributed by atoms with Crippen LogP contribution in [0.4, 0.5) is 0 Å². The van der Waals surface area contributed by atoms with E-state index in [4.69, 9.17) is 4.84 Å². The van der Waals surface area contributed by atoms with Crippen molar-refractivity contribution in [3.05, 3.63) is 12.2 Å². The molecule has 0 saturated carbocycles. The third kappa shape index (κ3) is 4.90. The van der Waals surface area contributed by atoms with Crippen LogP contribution in [0.3, 0.4) is 0 Å². The molecule has 3 nitrogen and oxygen atoms in total. The topological polar surface area (TPSA) is 24.8 Å². The Morgan fingerprint density at radius 2 is 2.00 bits per heavy atom. The molecule has 1 aliphatic heterocycles. The van der Waals surface area contributed by atoms with Gasteiger partial charge in [0, 0.05) is 13.0 Å². The molecule has 3 heteroatoms. The molecular weight excluding hydrogens is 212 g/mol. The van der Waals surface area contributed by atoms with E-state index < -0.39 is 0 Å². The van der Waals surface area contributed by atoms with Gasteiger partial charge in [0.15, 0.2) is 0 Å². The zero-order chi connectivity index (χ0) is 11.8. The first-order valence-electron chi connectivity index (χ1n) is 7.00. The largest absolute Gasteiger partial charge is 0.394 e. The third-order valence-corrected chi connectivity index (χ3v) is 3.50. The van der Waals surface area contributed by atoms with Crippen LogP contribution in [0.1, 0.15) is 44.9 Å². The summed E-state index contributed by atoms with van der Waals surface area (Å²) in [4.78, 5) is 7.93. The summed E-state index contributed by atoms with van der Waals surface area (Å²) >= 11 is 0. The lowest BCUT2D eigenvalue weighted by Crippen LogP contribution is -2.32. The van der Waals surface area contributed by atoms with Gasteiger partial charge in [0.05, 0.1) is 5.71 Å². The van der Waals surface area contributed by atoms with Crippen molar-refractivity contribution in [3.63, 3.8) is 0 Å². The molecule has 0 spiro atoms. The minimum absolute atomic E-state index is 0.743. The maximum absolute atomic E-state index is 5.44. The zero-order valence-corrected chi connectivity index (χ0v) is 10.7. The molecule has 1 heterocycles. The molecule has 0 atom stereocenters. The molecule has 17 heavy (non-hydrogen) atoms. The predicted octanol–water partition coefficient (Wildman–Crippen LogP) is 2.98. The molecule has 1 aliphatic carbocycles. The maximum Gasteiger partial charge on any atom is 0.129 e. The van der Waals surface area contributed by atoms with Crippen molar-refractivity contribution in [2.24, 2.45) is 5.16 Å². The smallest absolute Gasteiger partial charge is 0.129 e. The summed E-state index contributed by atoms with van der Waals surface area (Å²) in [5.74, 6) is 0. The fraction of sp³-hybridized carbons (Fsp3) is 0.786. The van der Waals surface area contributed by atoms with Crippen molar-refractivity contribution >= 4 is 5.71 Å².